The van der Waals surface area contributed by atoms with E-state index < -0.39 is 23.9 Å². The van der Waals surface area contributed by atoms with Crippen LogP contribution in [-0.2, 0) is 12.6 Å². The molecule has 35 heavy (non-hydrogen) atoms. The van der Waals surface area contributed by atoms with Crippen LogP contribution in [0.2, 0.25) is 5.02 Å². The maximum absolute atomic E-state index is 13.8. The minimum Gasteiger partial charge on any atom is -0.492 e. The Bertz CT molecular complexity index is 1450. The fourth-order valence-electron chi connectivity index (χ4n) is 4.12. The quantitative estimate of drug-likeness (QED) is 0.489. The summed E-state index contributed by atoms with van der Waals surface area (Å²) in [5.41, 5.74) is 0.233. The molecule has 1 saturated heterocycles. The number of halogens is 4. The summed E-state index contributed by atoms with van der Waals surface area (Å²) in [6.45, 7) is 0.240. The van der Waals surface area contributed by atoms with Crippen molar-refractivity contribution in [3.8, 4) is 5.88 Å². The van der Waals surface area contributed by atoms with Gasteiger partial charge in [-0.15, -0.1) is 0 Å². The standard InChI is InChI=1S/C23H18ClF3N4O3S/c24-14-3-1-12(16(7-14)23(25,26)27)6-15(11-2-4-17-13(5-11)8-28-30-17)20-21(34)29-22(35-20)31-9-18(32)19(33)10-31/h1-5,7-8,18-19,32-34H,6,9-10H2/t18-,19-/m1/s1. The average molecular weight is 523 g/mol. The van der Waals surface area contributed by atoms with Gasteiger partial charge >= 0.3 is 6.18 Å². The first-order valence-corrected chi connectivity index (χ1v) is 11.7. The minimum absolute atomic E-state index is 0.0166. The monoisotopic (exact) mass is 522 g/mol. The number of β-amino-alcohol motifs (C(OH)–C–C–N with tert-alkyl or cyclic N) is 2. The fraction of sp³-hybridized carbons (Fsp3) is 0.261. The van der Waals surface area contributed by atoms with Crippen LogP contribution in [0.1, 0.15) is 21.6 Å². The number of thiazole rings is 1. The van der Waals surface area contributed by atoms with Gasteiger partial charge in [0, 0.05) is 30.1 Å². The molecule has 2 aliphatic rings. The van der Waals surface area contributed by atoms with E-state index in [9.17, 15) is 28.5 Å². The molecule has 0 unspecified atom stereocenters. The summed E-state index contributed by atoms with van der Waals surface area (Å²) in [4.78, 5) is 6.08. The number of aromatic hydroxyl groups is 1. The number of anilines is 1. The van der Waals surface area contributed by atoms with Crippen molar-refractivity contribution in [3.05, 3.63) is 73.6 Å². The highest BCUT2D eigenvalue weighted by atomic mass is 35.5. The topological polar surface area (TPSA) is 102 Å². The highest BCUT2D eigenvalue weighted by Gasteiger charge is 2.35. The minimum atomic E-state index is -4.63. The van der Waals surface area contributed by atoms with Crippen LogP contribution in [-0.4, -0.2) is 51.8 Å². The Balaban J connectivity index is 1.66. The van der Waals surface area contributed by atoms with Gasteiger partial charge < -0.3 is 20.2 Å². The molecule has 0 bridgehead atoms. The van der Waals surface area contributed by atoms with Crippen molar-refractivity contribution in [1.82, 2.24) is 4.98 Å². The molecular weight excluding hydrogens is 505 g/mol. The Kier molecular flexibility index (Phi) is 6.04. The predicted molar refractivity (Wildman–Crippen MR) is 125 cm³/mol. The molecule has 7 nitrogen and oxygen atoms in total. The second-order valence-corrected chi connectivity index (χ2v) is 9.68. The second kappa shape index (κ2) is 8.90. The van der Waals surface area contributed by atoms with Crippen LogP contribution in [0.3, 0.4) is 0 Å². The van der Waals surface area contributed by atoms with E-state index in [0.29, 0.717) is 26.8 Å². The molecule has 12 heteroatoms. The zero-order valence-corrected chi connectivity index (χ0v) is 19.4. The number of hydrogen-bond acceptors (Lipinski definition) is 8. The summed E-state index contributed by atoms with van der Waals surface area (Å²) < 4.78 is 41.4. The van der Waals surface area contributed by atoms with Gasteiger partial charge in [0.1, 0.15) is 0 Å². The number of fused-ring (bicyclic) bond motifs is 1. The fourth-order valence-corrected chi connectivity index (χ4v) is 5.33. The number of hydrogen-bond donors (Lipinski definition) is 3. The van der Waals surface area contributed by atoms with E-state index in [-0.39, 0.29) is 40.9 Å². The second-order valence-electron chi connectivity index (χ2n) is 8.26. The number of aliphatic hydroxyl groups excluding tert-OH is 2. The van der Waals surface area contributed by atoms with Crippen LogP contribution in [0.4, 0.5) is 18.3 Å². The van der Waals surface area contributed by atoms with Gasteiger partial charge in [0.15, 0.2) is 5.13 Å². The van der Waals surface area contributed by atoms with E-state index in [1.54, 1.807) is 29.3 Å². The molecule has 1 aromatic heterocycles. The lowest BCUT2D eigenvalue weighted by molar-refractivity contribution is -0.138. The van der Waals surface area contributed by atoms with Crippen molar-refractivity contribution in [2.45, 2.75) is 24.8 Å². The van der Waals surface area contributed by atoms with E-state index in [1.807, 2.05) is 0 Å². The molecule has 0 aliphatic carbocycles. The van der Waals surface area contributed by atoms with E-state index in [2.05, 4.69) is 15.2 Å². The third-order valence-corrected chi connectivity index (χ3v) is 7.28. The molecule has 0 radical (unpaired) electrons. The normalized spacial score (nSPS) is 20.2. The molecule has 0 amide bonds. The molecule has 2 aliphatic heterocycles. The van der Waals surface area contributed by atoms with E-state index >= 15 is 0 Å². The lowest BCUT2D eigenvalue weighted by Crippen LogP contribution is -2.22. The van der Waals surface area contributed by atoms with Gasteiger partial charge in [-0.05, 0) is 40.6 Å². The van der Waals surface area contributed by atoms with Crippen LogP contribution in [0.5, 0.6) is 5.88 Å². The molecule has 182 valence electrons. The van der Waals surface area contributed by atoms with Crippen molar-refractivity contribution < 1.29 is 28.5 Å². The van der Waals surface area contributed by atoms with E-state index in [4.69, 9.17) is 11.6 Å². The van der Waals surface area contributed by atoms with E-state index in [1.165, 1.54) is 12.1 Å². The molecule has 5 rings (SSSR count). The van der Waals surface area contributed by atoms with Crippen molar-refractivity contribution in [3.63, 3.8) is 0 Å². The summed E-state index contributed by atoms with van der Waals surface area (Å²) in [5.74, 6) is -0.350. The number of nitrogens with zero attached hydrogens (tertiary/aromatic N) is 4. The zero-order chi connectivity index (χ0) is 24.9. The van der Waals surface area contributed by atoms with Crippen LogP contribution >= 0.6 is 22.9 Å². The first-order chi connectivity index (χ1) is 16.6. The Labute approximate surface area is 205 Å². The highest BCUT2D eigenvalue weighted by Crippen LogP contribution is 2.40. The third kappa shape index (κ3) is 4.64. The summed E-state index contributed by atoms with van der Waals surface area (Å²) >= 11 is 6.93. The highest BCUT2D eigenvalue weighted by molar-refractivity contribution is 7.17. The summed E-state index contributed by atoms with van der Waals surface area (Å²) in [5, 5.41) is 39.9. The van der Waals surface area contributed by atoms with Gasteiger partial charge in [-0.3, -0.25) is 0 Å². The Hall–Kier alpha value is -2.99. The molecule has 3 N–H and O–H groups in total. The SMILES string of the molecule is Oc1nc(N2C[C@@H](O)[C@H](O)C2)sc1C(Cc1ccc(Cl)cc1C(F)(F)F)=c1ccc2c(c1)C=NN=2. The smallest absolute Gasteiger partial charge is 0.416 e. The molecule has 2 atom stereocenters. The van der Waals surface area contributed by atoms with Gasteiger partial charge in [-0.1, -0.05) is 35.1 Å². The average Bonchev–Trinajstić information content (AvgIpc) is 3.51. The summed E-state index contributed by atoms with van der Waals surface area (Å²) in [7, 11) is 0. The summed E-state index contributed by atoms with van der Waals surface area (Å²) in [6.07, 6.45) is -5.17. The Morgan fingerprint density at radius 2 is 1.86 bits per heavy atom. The first kappa shape index (κ1) is 23.7. The summed E-state index contributed by atoms with van der Waals surface area (Å²) in [6, 6.07) is 8.75. The zero-order valence-electron chi connectivity index (χ0n) is 17.9. The largest absolute Gasteiger partial charge is 0.492 e. The number of benzene rings is 2. The van der Waals surface area contributed by atoms with Crippen LogP contribution < -0.4 is 15.5 Å². The van der Waals surface area contributed by atoms with E-state index in [0.717, 1.165) is 17.4 Å². The van der Waals surface area contributed by atoms with Crippen molar-refractivity contribution >= 4 is 39.9 Å². The number of rotatable bonds is 4. The molecular formula is C23H18ClF3N4O3S. The molecule has 0 saturated carbocycles. The molecule has 1 fully saturated rings. The van der Waals surface area contributed by atoms with Crippen molar-refractivity contribution in [2.75, 3.05) is 18.0 Å². The van der Waals surface area contributed by atoms with Gasteiger partial charge in [-0.2, -0.15) is 28.4 Å². The Morgan fingerprint density at radius 1 is 1.11 bits per heavy atom. The number of aromatic nitrogens is 1. The van der Waals surface area contributed by atoms with Gasteiger partial charge in [0.05, 0.1) is 34.2 Å². The maximum atomic E-state index is 13.8. The molecule has 3 heterocycles. The van der Waals surface area contributed by atoms with Gasteiger partial charge in [0.2, 0.25) is 5.88 Å². The van der Waals surface area contributed by atoms with Crippen molar-refractivity contribution in [2.24, 2.45) is 10.2 Å². The predicted octanol–water partition coefficient (Wildman–Crippen LogP) is 2.47. The Morgan fingerprint density at radius 3 is 2.57 bits per heavy atom. The van der Waals surface area contributed by atoms with Gasteiger partial charge in [-0.25, -0.2) is 0 Å². The van der Waals surface area contributed by atoms with Crippen molar-refractivity contribution in [1.29, 1.82) is 0 Å². The lowest BCUT2D eigenvalue weighted by atomic mass is 9.96. The lowest BCUT2D eigenvalue weighted by Gasteiger charge is -2.15. The first-order valence-electron chi connectivity index (χ1n) is 10.5. The number of alkyl halides is 3. The maximum Gasteiger partial charge on any atom is 0.416 e. The molecule has 0 spiro atoms. The van der Waals surface area contributed by atoms with Gasteiger partial charge in [0.25, 0.3) is 0 Å². The molecule has 3 aromatic rings. The van der Waals surface area contributed by atoms with Crippen LogP contribution in [0.15, 0.2) is 46.6 Å². The van der Waals surface area contributed by atoms with Crippen LogP contribution in [0, 0.1) is 0 Å². The van der Waals surface area contributed by atoms with Crippen LogP contribution in [0.25, 0.3) is 5.57 Å². The third-order valence-electron chi connectivity index (χ3n) is 5.88. The molecule has 2 aromatic carbocycles. The number of aliphatic hydroxyl groups is 2.